The summed E-state index contributed by atoms with van der Waals surface area (Å²) in [6.07, 6.45) is 0. The average molecular weight is 316 g/mol. The van der Waals surface area contributed by atoms with E-state index in [0.717, 1.165) is 0 Å². The number of hydrogen-bond donors (Lipinski definition) is 0. The van der Waals surface area contributed by atoms with Crippen molar-refractivity contribution in [3.8, 4) is 0 Å². The van der Waals surface area contributed by atoms with Crippen molar-refractivity contribution in [2.24, 2.45) is 5.41 Å². The number of ether oxygens (including phenoxy) is 2. The zero-order chi connectivity index (χ0) is 15.5. The van der Waals surface area contributed by atoms with Crippen molar-refractivity contribution in [2.45, 2.75) is 38.4 Å². The molecule has 21 heavy (non-hydrogen) atoms. The first-order valence-corrected chi connectivity index (χ1v) is 8.30. The van der Waals surface area contributed by atoms with E-state index in [1.807, 2.05) is 13.8 Å². The number of nitrogens with zero attached hydrogens (tertiary/aromatic N) is 2. The van der Waals surface area contributed by atoms with Gasteiger partial charge >= 0.3 is 0 Å². The third kappa shape index (κ3) is 2.40. The summed E-state index contributed by atoms with van der Waals surface area (Å²) in [5.41, 5.74) is 0.160. The zero-order valence-electron chi connectivity index (χ0n) is 12.7. The number of aryl methyl sites for hydroxylation is 2. The van der Waals surface area contributed by atoms with Crippen molar-refractivity contribution in [3.63, 3.8) is 0 Å². The maximum Gasteiger partial charge on any atom is 0.248 e. The Labute approximate surface area is 124 Å². The van der Waals surface area contributed by atoms with E-state index in [1.54, 1.807) is 13.8 Å². The highest BCUT2D eigenvalue weighted by atomic mass is 32.2. The van der Waals surface area contributed by atoms with Crippen LogP contribution >= 0.6 is 0 Å². The fraction of sp³-hybridized carbons (Fsp3) is 0.769. The fourth-order valence-corrected chi connectivity index (χ4v) is 4.72. The van der Waals surface area contributed by atoms with Crippen molar-refractivity contribution >= 4 is 10.0 Å². The van der Waals surface area contributed by atoms with Gasteiger partial charge in [-0.15, -0.1) is 0 Å². The van der Waals surface area contributed by atoms with E-state index in [1.165, 1.54) is 4.31 Å². The second-order valence-corrected chi connectivity index (χ2v) is 8.28. The summed E-state index contributed by atoms with van der Waals surface area (Å²) in [6, 6.07) is 0. The van der Waals surface area contributed by atoms with Crippen LogP contribution in [0.2, 0.25) is 0 Å². The predicted octanol–water partition coefficient (Wildman–Crippen LogP) is 1.07. The molecule has 8 heteroatoms. The smallest absolute Gasteiger partial charge is 0.248 e. The highest BCUT2D eigenvalue weighted by Gasteiger charge is 2.53. The molecule has 0 bridgehead atoms. The van der Waals surface area contributed by atoms with Gasteiger partial charge in [-0.05, 0) is 27.7 Å². The molecule has 1 spiro atoms. The number of hydrogen-bond acceptors (Lipinski definition) is 6. The molecule has 2 aliphatic rings. The molecule has 0 saturated carbocycles. The molecule has 3 heterocycles. The van der Waals surface area contributed by atoms with Crippen LogP contribution in [0.4, 0.5) is 0 Å². The molecule has 0 amide bonds. The Morgan fingerprint density at radius 1 is 1.14 bits per heavy atom. The molecule has 0 aromatic carbocycles. The largest absolute Gasteiger partial charge is 0.360 e. The molecule has 7 nitrogen and oxygen atoms in total. The van der Waals surface area contributed by atoms with E-state index in [9.17, 15) is 8.42 Å². The SMILES string of the molecule is Cc1noc(C)c1S(=O)(=O)N1CC2(COC(C)(C)OC2)C1. The van der Waals surface area contributed by atoms with E-state index < -0.39 is 15.8 Å². The number of sulfonamides is 1. The van der Waals surface area contributed by atoms with Crippen LogP contribution in [-0.4, -0.2) is 50.0 Å². The highest BCUT2D eigenvalue weighted by molar-refractivity contribution is 7.89. The molecule has 1 aromatic rings. The zero-order valence-corrected chi connectivity index (χ0v) is 13.5. The number of aromatic nitrogens is 1. The molecule has 3 rings (SSSR count). The van der Waals surface area contributed by atoms with Crippen molar-refractivity contribution in [1.29, 1.82) is 0 Å². The molecule has 0 radical (unpaired) electrons. The summed E-state index contributed by atoms with van der Waals surface area (Å²) in [5, 5.41) is 3.72. The van der Waals surface area contributed by atoms with Gasteiger partial charge in [0.1, 0.15) is 10.6 Å². The van der Waals surface area contributed by atoms with Crippen LogP contribution in [0.1, 0.15) is 25.3 Å². The van der Waals surface area contributed by atoms with Gasteiger partial charge in [0, 0.05) is 18.5 Å². The minimum Gasteiger partial charge on any atom is -0.360 e. The summed E-state index contributed by atoms with van der Waals surface area (Å²) in [4.78, 5) is 0.176. The lowest BCUT2D eigenvalue weighted by atomic mass is 9.82. The van der Waals surface area contributed by atoms with Gasteiger partial charge in [0.2, 0.25) is 10.0 Å². The lowest BCUT2D eigenvalue weighted by Gasteiger charge is -2.53. The Morgan fingerprint density at radius 2 is 1.71 bits per heavy atom. The first-order valence-electron chi connectivity index (χ1n) is 6.86. The van der Waals surface area contributed by atoms with E-state index in [0.29, 0.717) is 37.8 Å². The van der Waals surface area contributed by atoms with Gasteiger partial charge < -0.3 is 14.0 Å². The van der Waals surface area contributed by atoms with Crippen molar-refractivity contribution in [3.05, 3.63) is 11.5 Å². The Hall–Kier alpha value is -0.960. The Balaban J connectivity index is 1.75. The standard InChI is InChI=1S/C13H20N2O5S/c1-9-11(10(2)20-14-9)21(16,17)15-5-13(6-15)7-18-12(3,4)19-8-13/h5-8H2,1-4H3. The molecule has 2 fully saturated rings. The molecule has 2 aliphatic heterocycles. The molecule has 0 aliphatic carbocycles. The van der Waals surface area contributed by atoms with Gasteiger partial charge in [-0.2, -0.15) is 4.31 Å². The normalized spacial score (nSPS) is 25.0. The van der Waals surface area contributed by atoms with Crippen molar-refractivity contribution in [2.75, 3.05) is 26.3 Å². The molecule has 118 valence electrons. The van der Waals surface area contributed by atoms with Crippen LogP contribution in [0.25, 0.3) is 0 Å². The summed E-state index contributed by atoms with van der Waals surface area (Å²) < 4.78 is 42.9. The molecule has 2 saturated heterocycles. The van der Waals surface area contributed by atoms with E-state index >= 15 is 0 Å². The van der Waals surface area contributed by atoms with E-state index in [4.69, 9.17) is 14.0 Å². The van der Waals surface area contributed by atoms with E-state index in [-0.39, 0.29) is 10.3 Å². The highest BCUT2D eigenvalue weighted by Crippen LogP contribution is 2.40. The van der Waals surface area contributed by atoms with Gasteiger partial charge in [0.05, 0.1) is 13.2 Å². The Kier molecular flexibility index (Phi) is 3.22. The molecule has 0 N–H and O–H groups in total. The molecular formula is C13H20N2O5S. The van der Waals surface area contributed by atoms with Gasteiger partial charge in [-0.25, -0.2) is 8.42 Å². The quantitative estimate of drug-likeness (QED) is 0.811. The third-order valence-corrected chi connectivity index (χ3v) is 6.08. The van der Waals surface area contributed by atoms with Crippen LogP contribution < -0.4 is 0 Å². The summed E-state index contributed by atoms with van der Waals surface area (Å²) in [7, 11) is -3.56. The van der Waals surface area contributed by atoms with E-state index in [2.05, 4.69) is 5.16 Å². The Bertz CT molecular complexity index is 627. The molecule has 0 atom stereocenters. The molecule has 0 unspecified atom stereocenters. The van der Waals surface area contributed by atoms with Gasteiger partial charge in [0.25, 0.3) is 0 Å². The monoisotopic (exact) mass is 316 g/mol. The first-order chi connectivity index (χ1) is 9.65. The number of rotatable bonds is 2. The van der Waals surface area contributed by atoms with Crippen molar-refractivity contribution < 1.29 is 22.4 Å². The minimum absolute atomic E-state index is 0.176. The molecular weight excluding hydrogens is 296 g/mol. The van der Waals surface area contributed by atoms with Crippen LogP contribution in [0.15, 0.2) is 9.42 Å². The topological polar surface area (TPSA) is 81.9 Å². The average Bonchev–Trinajstić information content (AvgIpc) is 2.67. The minimum atomic E-state index is -3.56. The van der Waals surface area contributed by atoms with Gasteiger partial charge in [0.15, 0.2) is 11.5 Å². The van der Waals surface area contributed by atoms with Gasteiger partial charge in [-0.3, -0.25) is 0 Å². The second kappa shape index (κ2) is 4.52. The van der Waals surface area contributed by atoms with Gasteiger partial charge in [-0.1, -0.05) is 5.16 Å². The lowest BCUT2D eigenvalue weighted by Crippen LogP contribution is -2.65. The fourth-order valence-electron chi connectivity index (χ4n) is 2.76. The van der Waals surface area contributed by atoms with Crippen LogP contribution in [0.5, 0.6) is 0 Å². The maximum absolute atomic E-state index is 12.6. The second-order valence-electron chi connectivity index (χ2n) is 6.40. The summed E-state index contributed by atoms with van der Waals surface area (Å²) in [5.74, 6) is -0.266. The van der Waals surface area contributed by atoms with Crippen LogP contribution in [-0.2, 0) is 19.5 Å². The first kappa shape index (κ1) is 15.0. The third-order valence-electron chi connectivity index (χ3n) is 4.04. The van der Waals surface area contributed by atoms with Crippen LogP contribution in [0, 0.1) is 19.3 Å². The van der Waals surface area contributed by atoms with Crippen molar-refractivity contribution in [1.82, 2.24) is 9.46 Å². The maximum atomic E-state index is 12.6. The van der Waals surface area contributed by atoms with Crippen LogP contribution in [0.3, 0.4) is 0 Å². The molecule has 1 aromatic heterocycles. The Morgan fingerprint density at radius 3 is 2.19 bits per heavy atom. The summed E-state index contributed by atoms with van der Waals surface area (Å²) in [6.45, 7) is 8.77. The predicted molar refractivity (Wildman–Crippen MR) is 73.2 cm³/mol. The summed E-state index contributed by atoms with van der Waals surface area (Å²) >= 11 is 0. The lowest BCUT2D eigenvalue weighted by molar-refractivity contribution is -0.299.